The molecular weight excluding hydrogens is 376 g/mol. The first-order valence-corrected chi connectivity index (χ1v) is 10.1. The molecule has 0 aliphatic carbocycles. The molecule has 5 nitrogen and oxygen atoms in total. The van der Waals surface area contributed by atoms with Crippen LogP contribution in [0.2, 0.25) is 0 Å². The third-order valence-electron chi connectivity index (χ3n) is 5.42. The molecule has 3 aromatic carbocycles. The molecule has 0 saturated carbocycles. The summed E-state index contributed by atoms with van der Waals surface area (Å²) >= 11 is 0. The quantitative estimate of drug-likeness (QED) is 0.640. The molecule has 2 atom stereocenters. The first-order chi connectivity index (χ1) is 14.7. The monoisotopic (exact) mass is 400 g/mol. The summed E-state index contributed by atoms with van der Waals surface area (Å²) in [6.07, 6.45) is 0.513. The number of carbonyl (C=O) groups excluding carboxylic acids is 2. The zero-order valence-electron chi connectivity index (χ0n) is 16.6. The largest absolute Gasteiger partial charge is 0.394 e. The average molecular weight is 400 g/mol. The number of fused-ring (bicyclic) bond motifs is 1. The Hall–Kier alpha value is -3.44. The van der Waals surface area contributed by atoms with Crippen molar-refractivity contribution >= 4 is 11.8 Å². The highest BCUT2D eigenvalue weighted by molar-refractivity contribution is 6.01. The summed E-state index contributed by atoms with van der Waals surface area (Å²) in [6, 6.07) is 25.2. The van der Waals surface area contributed by atoms with Crippen LogP contribution in [0.4, 0.5) is 0 Å². The van der Waals surface area contributed by atoms with E-state index >= 15 is 0 Å². The topological polar surface area (TPSA) is 69.6 Å². The van der Waals surface area contributed by atoms with Crippen LogP contribution in [-0.4, -0.2) is 34.5 Å². The van der Waals surface area contributed by atoms with Gasteiger partial charge in [-0.2, -0.15) is 0 Å². The first-order valence-electron chi connectivity index (χ1n) is 10.1. The standard InChI is InChI=1S/C25H24N2O3/c28-17-21(15-18-9-3-1-4-10-18)26-24(29)23(19-11-5-2-6-12-19)27-16-20-13-7-8-14-22(20)25(27)30/h1-14,21,23,28H,15-17H2,(H,26,29)/t21-,23-/m0/s1. The van der Waals surface area contributed by atoms with Crippen molar-refractivity contribution in [3.05, 3.63) is 107 Å². The maximum Gasteiger partial charge on any atom is 0.255 e. The fraction of sp³-hybridized carbons (Fsp3) is 0.200. The maximum absolute atomic E-state index is 13.4. The van der Waals surface area contributed by atoms with Gasteiger partial charge in [-0.25, -0.2) is 0 Å². The molecular formula is C25H24N2O3. The molecule has 1 aliphatic rings. The zero-order valence-corrected chi connectivity index (χ0v) is 16.6. The average Bonchev–Trinajstić information content (AvgIpc) is 3.11. The number of amides is 2. The lowest BCUT2D eigenvalue weighted by Crippen LogP contribution is -2.46. The van der Waals surface area contributed by atoms with Gasteiger partial charge in [0.25, 0.3) is 5.91 Å². The third-order valence-corrected chi connectivity index (χ3v) is 5.42. The number of rotatable bonds is 7. The molecule has 0 unspecified atom stereocenters. The number of carbonyl (C=O) groups is 2. The number of hydrogen-bond donors (Lipinski definition) is 2. The second-order valence-electron chi connectivity index (χ2n) is 7.48. The van der Waals surface area contributed by atoms with Crippen LogP contribution in [0.25, 0.3) is 0 Å². The second kappa shape index (κ2) is 8.93. The highest BCUT2D eigenvalue weighted by Gasteiger charge is 2.37. The van der Waals surface area contributed by atoms with Gasteiger partial charge in [-0.15, -0.1) is 0 Å². The molecule has 0 spiro atoms. The minimum absolute atomic E-state index is 0.154. The molecule has 3 aromatic rings. The summed E-state index contributed by atoms with van der Waals surface area (Å²) in [5.41, 5.74) is 3.32. The Balaban J connectivity index is 1.59. The summed E-state index contributed by atoms with van der Waals surface area (Å²) in [5.74, 6) is -0.449. The first kappa shape index (κ1) is 19.9. The van der Waals surface area contributed by atoms with Crippen LogP contribution in [0.1, 0.15) is 33.1 Å². The molecule has 0 aromatic heterocycles. The maximum atomic E-state index is 13.4. The van der Waals surface area contributed by atoms with Crippen LogP contribution in [0, 0.1) is 0 Å². The molecule has 1 heterocycles. The third kappa shape index (κ3) is 4.11. The van der Waals surface area contributed by atoms with Crippen LogP contribution in [0.3, 0.4) is 0 Å². The van der Waals surface area contributed by atoms with Crippen molar-refractivity contribution in [3.63, 3.8) is 0 Å². The lowest BCUT2D eigenvalue weighted by atomic mass is 10.0. The summed E-state index contributed by atoms with van der Waals surface area (Å²) in [6.45, 7) is 0.195. The fourth-order valence-electron chi connectivity index (χ4n) is 3.93. The van der Waals surface area contributed by atoms with Crippen molar-refractivity contribution in [2.24, 2.45) is 0 Å². The lowest BCUT2D eigenvalue weighted by molar-refractivity contribution is -0.127. The van der Waals surface area contributed by atoms with Gasteiger partial charge < -0.3 is 15.3 Å². The van der Waals surface area contributed by atoms with E-state index in [1.807, 2.05) is 78.9 Å². The summed E-state index contributed by atoms with van der Waals surface area (Å²) < 4.78 is 0. The smallest absolute Gasteiger partial charge is 0.255 e. The highest BCUT2D eigenvalue weighted by Crippen LogP contribution is 2.31. The van der Waals surface area contributed by atoms with E-state index in [4.69, 9.17) is 0 Å². The molecule has 30 heavy (non-hydrogen) atoms. The number of aliphatic hydroxyl groups excluding tert-OH is 1. The zero-order chi connectivity index (χ0) is 20.9. The van der Waals surface area contributed by atoms with E-state index < -0.39 is 12.1 Å². The van der Waals surface area contributed by atoms with Gasteiger partial charge in [0, 0.05) is 12.1 Å². The molecule has 2 amide bonds. The molecule has 5 heteroatoms. The molecule has 0 bridgehead atoms. The minimum Gasteiger partial charge on any atom is -0.394 e. The van der Waals surface area contributed by atoms with Crippen LogP contribution < -0.4 is 5.32 Å². The summed E-state index contributed by atoms with van der Waals surface area (Å²) in [4.78, 5) is 28.0. The molecule has 152 valence electrons. The molecule has 1 aliphatic heterocycles. The molecule has 0 fully saturated rings. The van der Waals surface area contributed by atoms with Crippen LogP contribution in [-0.2, 0) is 17.8 Å². The number of nitrogens with zero attached hydrogens (tertiary/aromatic N) is 1. The van der Waals surface area contributed by atoms with E-state index in [1.165, 1.54) is 0 Å². The van der Waals surface area contributed by atoms with E-state index in [2.05, 4.69) is 5.32 Å². The molecule has 2 N–H and O–H groups in total. The van der Waals surface area contributed by atoms with Crippen LogP contribution in [0.15, 0.2) is 84.9 Å². The van der Waals surface area contributed by atoms with E-state index in [1.54, 1.807) is 11.0 Å². The van der Waals surface area contributed by atoms with Crippen LogP contribution in [0.5, 0.6) is 0 Å². The van der Waals surface area contributed by atoms with Crippen molar-refractivity contribution in [2.45, 2.75) is 25.0 Å². The fourth-order valence-corrected chi connectivity index (χ4v) is 3.93. The molecule has 4 rings (SSSR count). The normalized spacial score (nSPS) is 14.8. The van der Waals surface area contributed by atoms with Crippen molar-refractivity contribution in [1.82, 2.24) is 10.2 Å². The number of benzene rings is 3. The van der Waals surface area contributed by atoms with E-state index in [0.29, 0.717) is 18.5 Å². The SMILES string of the molecule is O=C(N[C@H](CO)Cc1ccccc1)[C@H](c1ccccc1)N1Cc2ccccc2C1=O. The number of hydrogen-bond acceptors (Lipinski definition) is 3. The lowest BCUT2D eigenvalue weighted by Gasteiger charge is -2.29. The highest BCUT2D eigenvalue weighted by atomic mass is 16.3. The van der Waals surface area contributed by atoms with E-state index in [0.717, 1.165) is 16.7 Å². The molecule has 0 radical (unpaired) electrons. The van der Waals surface area contributed by atoms with Gasteiger partial charge in [0.2, 0.25) is 5.91 Å². The van der Waals surface area contributed by atoms with E-state index in [9.17, 15) is 14.7 Å². The van der Waals surface area contributed by atoms with Gasteiger partial charge in [0.15, 0.2) is 0 Å². The number of aliphatic hydroxyl groups is 1. The van der Waals surface area contributed by atoms with Gasteiger partial charge >= 0.3 is 0 Å². The second-order valence-corrected chi connectivity index (χ2v) is 7.48. The Labute approximate surface area is 176 Å². The Morgan fingerprint density at radius 2 is 1.57 bits per heavy atom. The van der Waals surface area contributed by atoms with Crippen molar-refractivity contribution in [3.8, 4) is 0 Å². The Kier molecular flexibility index (Phi) is 5.91. The Morgan fingerprint density at radius 1 is 0.933 bits per heavy atom. The van der Waals surface area contributed by atoms with Crippen molar-refractivity contribution in [2.75, 3.05) is 6.61 Å². The van der Waals surface area contributed by atoms with Gasteiger partial charge in [-0.05, 0) is 29.2 Å². The van der Waals surface area contributed by atoms with Gasteiger partial charge in [0.1, 0.15) is 6.04 Å². The van der Waals surface area contributed by atoms with Gasteiger partial charge in [-0.3, -0.25) is 9.59 Å². The summed E-state index contributed by atoms with van der Waals surface area (Å²) in [5, 5.41) is 12.8. The predicted molar refractivity (Wildman–Crippen MR) is 115 cm³/mol. The molecule has 0 saturated heterocycles. The van der Waals surface area contributed by atoms with Crippen molar-refractivity contribution in [1.29, 1.82) is 0 Å². The summed E-state index contributed by atoms with van der Waals surface area (Å²) in [7, 11) is 0. The number of nitrogens with one attached hydrogen (secondary N) is 1. The van der Waals surface area contributed by atoms with Crippen molar-refractivity contribution < 1.29 is 14.7 Å². The van der Waals surface area contributed by atoms with Gasteiger partial charge in [-0.1, -0.05) is 78.9 Å². The Morgan fingerprint density at radius 3 is 2.23 bits per heavy atom. The van der Waals surface area contributed by atoms with E-state index in [-0.39, 0.29) is 18.4 Å². The van der Waals surface area contributed by atoms with Crippen LogP contribution >= 0.6 is 0 Å². The van der Waals surface area contributed by atoms with Gasteiger partial charge in [0.05, 0.1) is 12.6 Å². The minimum atomic E-state index is -0.768. The Bertz CT molecular complexity index is 1020. The predicted octanol–water partition coefficient (Wildman–Crippen LogP) is 3.10.